The Morgan fingerprint density at radius 3 is 2.62 bits per heavy atom. The van der Waals surface area contributed by atoms with E-state index in [2.05, 4.69) is 32.8 Å². The highest BCUT2D eigenvalue weighted by Crippen LogP contribution is 2.24. The Morgan fingerprint density at radius 1 is 1.54 bits per heavy atom. The maximum atomic E-state index is 9.45. The van der Waals surface area contributed by atoms with Gasteiger partial charge in [0.05, 0.1) is 0 Å². The van der Waals surface area contributed by atoms with E-state index < -0.39 is 0 Å². The summed E-state index contributed by atoms with van der Waals surface area (Å²) in [4.78, 5) is 2.16. The summed E-state index contributed by atoms with van der Waals surface area (Å²) in [6.07, 6.45) is 4.86. The van der Waals surface area contributed by atoms with Crippen LogP contribution in [0.1, 0.15) is 20.3 Å². The number of allylic oxidation sites excluding steroid dienone is 2. The second-order valence-corrected chi connectivity index (χ2v) is 4.13. The van der Waals surface area contributed by atoms with Crippen molar-refractivity contribution in [2.75, 3.05) is 14.1 Å². The van der Waals surface area contributed by atoms with E-state index in [-0.39, 0.29) is 0 Å². The Labute approximate surface area is 80.6 Å². The number of rotatable bonds is 2. The summed E-state index contributed by atoms with van der Waals surface area (Å²) < 4.78 is 0. The van der Waals surface area contributed by atoms with Crippen LogP contribution in [0, 0.1) is 5.92 Å². The fraction of sp³-hybridized carbons (Fsp3) is 0.636. The molecular weight excluding hydrogens is 162 g/mol. The maximum Gasteiger partial charge on any atom is 0.111 e. The molecule has 2 heteroatoms. The highest BCUT2D eigenvalue weighted by molar-refractivity contribution is 5.27. The lowest BCUT2D eigenvalue weighted by molar-refractivity contribution is 0.333. The lowest BCUT2D eigenvalue weighted by Crippen LogP contribution is -2.28. The Bertz CT molecular complexity index is 240. The number of hydrogen-bond acceptors (Lipinski definition) is 2. The molecule has 0 fully saturated rings. The fourth-order valence-corrected chi connectivity index (χ4v) is 1.64. The molecule has 1 N–H and O–H groups in total. The van der Waals surface area contributed by atoms with Crippen LogP contribution in [0.3, 0.4) is 0 Å². The van der Waals surface area contributed by atoms with Gasteiger partial charge in [0, 0.05) is 6.04 Å². The number of likely N-dealkylation sites (N-methyl/N-ethyl adjacent to an activating group) is 1. The van der Waals surface area contributed by atoms with Gasteiger partial charge in [0.25, 0.3) is 0 Å². The predicted molar refractivity (Wildman–Crippen MR) is 55.7 cm³/mol. The van der Waals surface area contributed by atoms with E-state index in [0.717, 1.165) is 6.42 Å². The van der Waals surface area contributed by atoms with E-state index in [4.69, 9.17) is 0 Å². The topological polar surface area (TPSA) is 23.5 Å². The van der Waals surface area contributed by atoms with Crippen LogP contribution in [-0.2, 0) is 0 Å². The smallest absolute Gasteiger partial charge is 0.111 e. The van der Waals surface area contributed by atoms with Gasteiger partial charge in [0.2, 0.25) is 0 Å². The first kappa shape index (κ1) is 10.3. The Kier molecular flexibility index (Phi) is 3.15. The minimum Gasteiger partial charge on any atom is -0.508 e. The van der Waals surface area contributed by atoms with Crippen LogP contribution in [0.2, 0.25) is 0 Å². The molecular formula is C11H19NO. The van der Waals surface area contributed by atoms with Gasteiger partial charge in [-0.15, -0.1) is 0 Å². The number of nitrogens with zero attached hydrogens (tertiary/aromatic N) is 1. The van der Waals surface area contributed by atoms with Crippen LogP contribution in [0.15, 0.2) is 23.5 Å². The normalized spacial score (nSPS) is 25.5. The van der Waals surface area contributed by atoms with E-state index in [9.17, 15) is 5.11 Å². The summed E-state index contributed by atoms with van der Waals surface area (Å²) in [7, 11) is 4.12. The van der Waals surface area contributed by atoms with Gasteiger partial charge in [-0.3, -0.25) is 0 Å². The van der Waals surface area contributed by atoms with Crippen molar-refractivity contribution in [3.8, 4) is 0 Å². The maximum absolute atomic E-state index is 9.45. The molecule has 0 radical (unpaired) electrons. The highest BCUT2D eigenvalue weighted by Gasteiger charge is 2.17. The van der Waals surface area contributed by atoms with Gasteiger partial charge in [0.1, 0.15) is 5.76 Å². The molecule has 2 atom stereocenters. The molecule has 1 unspecified atom stereocenters. The van der Waals surface area contributed by atoms with Crippen molar-refractivity contribution < 1.29 is 5.11 Å². The molecule has 1 rings (SSSR count). The Morgan fingerprint density at radius 2 is 2.15 bits per heavy atom. The van der Waals surface area contributed by atoms with Crippen LogP contribution < -0.4 is 0 Å². The standard InChI is InChI=1S/C11H19NO/c1-8-5-10(7-11(13)6-8)9(2)12(3)4/h6-9,13H,5H2,1-4H3/t8?,9-/m0/s1. The molecule has 0 heterocycles. The summed E-state index contributed by atoms with van der Waals surface area (Å²) >= 11 is 0. The van der Waals surface area contributed by atoms with Crippen molar-refractivity contribution >= 4 is 0 Å². The zero-order chi connectivity index (χ0) is 10.0. The molecule has 0 aromatic heterocycles. The van der Waals surface area contributed by atoms with Crippen LogP contribution in [0.4, 0.5) is 0 Å². The van der Waals surface area contributed by atoms with Gasteiger partial charge in [-0.25, -0.2) is 0 Å². The monoisotopic (exact) mass is 181 g/mol. The molecule has 0 bridgehead atoms. The SMILES string of the molecule is CC1C=C(O)C=C([C@H](C)N(C)C)C1. The van der Waals surface area contributed by atoms with Crippen molar-refractivity contribution in [2.24, 2.45) is 5.92 Å². The largest absolute Gasteiger partial charge is 0.508 e. The fourth-order valence-electron chi connectivity index (χ4n) is 1.64. The molecule has 0 spiro atoms. The highest BCUT2D eigenvalue weighted by atomic mass is 16.3. The van der Waals surface area contributed by atoms with Crippen LogP contribution in [0.5, 0.6) is 0 Å². The molecule has 0 saturated carbocycles. The van der Waals surface area contributed by atoms with Crippen molar-refractivity contribution in [3.63, 3.8) is 0 Å². The molecule has 0 amide bonds. The van der Waals surface area contributed by atoms with Crippen molar-refractivity contribution in [2.45, 2.75) is 26.3 Å². The molecule has 0 aliphatic heterocycles. The van der Waals surface area contributed by atoms with E-state index in [1.165, 1.54) is 5.57 Å². The molecule has 0 saturated heterocycles. The predicted octanol–water partition coefficient (Wildman–Crippen LogP) is 2.34. The molecule has 0 aromatic rings. The average molecular weight is 181 g/mol. The molecule has 1 aliphatic carbocycles. The quantitative estimate of drug-likeness (QED) is 0.707. The van der Waals surface area contributed by atoms with Gasteiger partial charge in [0.15, 0.2) is 0 Å². The minimum atomic E-state index is 0.415. The lowest BCUT2D eigenvalue weighted by atomic mass is 9.91. The molecule has 2 nitrogen and oxygen atoms in total. The van der Waals surface area contributed by atoms with Crippen LogP contribution in [0.25, 0.3) is 0 Å². The van der Waals surface area contributed by atoms with Crippen LogP contribution >= 0.6 is 0 Å². The summed E-state index contributed by atoms with van der Waals surface area (Å²) in [5.41, 5.74) is 1.32. The van der Waals surface area contributed by atoms with Gasteiger partial charge in [-0.1, -0.05) is 6.92 Å². The zero-order valence-corrected chi connectivity index (χ0v) is 8.91. The summed E-state index contributed by atoms with van der Waals surface area (Å²) in [5, 5.41) is 9.45. The van der Waals surface area contributed by atoms with E-state index in [1.807, 2.05) is 12.2 Å². The number of aliphatic hydroxyl groups excluding tert-OH is 1. The second kappa shape index (κ2) is 3.97. The molecule has 1 aliphatic rings. The molecule has 0 aromatic carbocycles. The molecule has 74 valence electrons. The van der Waals surface area contributed by atoms with E-state index in [1.54, 1.807) is 0 Å². The van der Waals surface area contributed by atoms with Crippen molar-refractivity contribution in [3.05, 3.63) is 23.5 Å². The lowest BCUT2D eigenvalue weighted by Gasteiger charge is -2.26. The van der Waals surface area contributed by atoms with Crippen LogP contribution in [-0.4, -0.2) is 30.1 Å². The second-order valence-electron chi connectivity index (χ2n) is 4.13. The first-order chi connectivity index (χ1) is 6.00. The van der Waals surface area contributed by atoms with Gasteiger partial charge < -0.3 is 10.0 Å². The number of aliphatic hydroxyl groups is 1. The van der Waals surface area contributed by atoms with Gasteiger partial charge >= 0.3 is 0 Å². The van der Waals surface area contributed by atoms with E-state index >= 15 is 0 Å². The zero-order valence-electron chi connectivity index (χ0n) is 8.91. The van der Waals surface area contributed by atoms with Gasteiger partial charge in [-0.05, 0) is 51.1 Å². The minimum absolute atomic E-state index is 0.415. The Balaban J connectivity index is 2.76. The first-order valence-electron chi connectivity index (χ1n) is 4.78. The average Bonchev–Trinajstić information content (AvgIpc) is 2.01. The van der Waals surface area contributed by atoms with Crippen molar-refractivity contribution in [1.29, 1.82) is 0 Å². The van der Waals surface area contributed by atoms with E-state index in [0.29, 0.717) is 17.7 Å². The van der Waals surface area contributed by atoms with Crippen molar-refractivity contribution in [1.82, 2.24) is 4.90 Å². The Hall–Kier alpha value is -0.760. The first-order valence-corrected chi connectivity index (χ1v) is 4.78. The summed E-state index contributed by atoms with van der Waals surface area (Å²) in [5.74, 6) is 0.879. The summed E-state index contributed by atoms with van der Waals surface area (Å²) in [6.45, 7) is 4.29. The molecule has 13 heavy (non-hydrogen) atoms. The third-order valence-electron chi connectivity index (χ3n) is 2.66. The third-order valence-corrected chi connectivity index (χ3v) is 2.66. The van der Waals surface area contributed by atoms with Gasteiger partial charge in [-0.2, -0.15) is 0 Å². The third kappa shape index (κ3) is 2.59. The summed E-state index contributed by atoms with van der Waals surface area (Å²) in [6, 6.07) is 0.415. The number of hydrogen-bond donors (Lipinski definition) is 1.